The Morgan fingerprint density at radius 2 is 2.15 bits per heavy atom. The van der Waals surface area contributed by atoms with E-state index in [4.69, 9.17) is 0 Å². The second-order valence-corrected chi connectivity index (χ2v) is 5.68. The van der Waals surface area contributed by atoms with Gasteiger partial charge in [-0.05, 0) is 30.4 Å². The van der Waals surface area contributed by atoms with Crippen LogP contribution in [-0.2, 0) is 4.79 Å². The Balaban J connectivity index is 2.34. The number of carbonyl (C=O) groups excluding carboxylic acids is 1. The lowest BCUT2D eigenvalue weighted by Crippen LogP contribution is -2.56. The monoisotopic (exact) mass is 280 g/mol. The molecular formula is C14H17FN2O3. The molecule has 1 aliphatic rings. The highest BCUT2D eigenvalue weighted by Gasteiger charge is 2.44. The van der Waals surface area contributed by atoms with E-state index in [2.05, 4.69) is 4.98 Å². The molecule has 1 aromatic heterocycles. The van der Waals surface area contributed by atoms with Gasteiger partial charge in [0, 0.05) is 6.54 Å². The first-order chi connectivity index (χ1) is 9.33. The predicted octanol–water partition coefficient (Wildman–Crippen LogP) is 1.94. The number of aromatic nitrogens is 1. The van der Waals surface area contributed by atoms with Crippen LogP contribution in [0.5, 0.6) is 0 Å². The highest BCUT2D eigenvalue weighted by Crippen LogP contribution is 2.35. The van der Waals surface area contributed by atoms with Gasteiger partial charge in [0.15, 0.2) is 0 Å². The number of hydrogen-bond donors (Lipinski definition) is 1. The Labute approximate surface area is 116 Å². The Hall–Kier alpha value is -1.98. The third-order valence-electron chi connectivity index (χ3n) is 3.70. The number of carbonyl (C=O) groups is 2. The number of rotatable bonds is 2. The van der Waals surface area contributed by atoms with E-state index < -0.39 is 29.3 Å². The minimum atomic E-state index is -1.04. The third-order valence-corrected chi connectivity index (χ3v) is 3.70. The third kappa shape index (κ3) is 2.64. The van der Waals surface area contributed by atoms with Gasteiger partial charge in [0.25, 0.3) is 5.91 Å². The Morgan fingerprint density at radius 3 is 2.75 bits per heavy atom. The first kappa shape index (κ1) is 14.4. The van der Waals surface area contributed by atoms with Gasteiger partial charge >= 0.3 is 5.97 Å². The molecule has 1 saturated heterocycles. The van der Waals surface area contributed by atoms with E-state index in [1.165, 1.54) is 17.0 Å². The van der Waals surface area contributed by atoms with Gasteiger partial charge in [-0.3, -0.25) is 4.79 Å². The molecule has 0 spiro atoms. The molecule has 1 unspecified atom stereocenters. The van der Waals surface area contributed by atoms with Crippen molar-refractivity contribution in [1.29, 1.82) is 0 Å². The molecule has 108 valence electrons. The number of amides is 1. The molecule has 2 heterocycles. The standard InChI is InChI=1S/C14H17FN2O3/c1-14(2)7-4-8-17(11(14)13(19)20)12(18)9-5-3-6-10(15)16-9/h3,5-6,11H,4,7-8H2,1-2H3,(H,19,20). The molecular weight excluding hydrogens is 263 g/mol. The smallest absolute Gasteiger partial charge is 0.326 e. The molecule has 1 aromatic rings. The van der Waals surface area contributed by atoms with Crippen LogP contribution in [-0.4, -0.2) is 39.5 Å². The van der Waals surface area contributed by atoms with Crippen molar-refractivity contribution in [2.24, 2.45) is 5.41 Å². The molecule has 0 radical (unpaired) electrons. The van der Waals surface area contributed by atoms with Crippen LogP contribution >= 0.6 is 0 Å². The van der Waals surface area contributed by atoms with Crippen molar-refractivity contribution < 1.29 is 19.1 Å². The summed E-state index contributed by atoms with van der Waals surface area (Å²) in [6.07, 6.45) is 1.45. The van der Waals surface area contributed by atoms with Gasteiger partial charge in [-0.25, -0.2) is 9.78 Å². The van der Waals surface area contributed by atoms with Crippen LogP contribution in [0.1, 0.15) is 37.2 Å². The molecule has 0 bridgehead atoms. The summed E-state index contributed by atoms with van der Waals surface area (Å²) >= 11 is 0. The first-order valence-corrected chi connectivity index (χ1v) is 6.49. The maximum atomic E-state index is 13.1. The van der Waals surface area contributed by atoms with Crippen molar-refractivity contribution in [1.82, 2.24) is 9.88 Å². The number of halogens is 1. The van der Waals surface area contributed by atoms with Crippen molar-refractivity contribution in [2.75, 3.05) is 6.54 Å². The number of carboxylic acid groups (broad SMARTS) is 1. The molecule has 6 heteroatoms. The fourth-order valence-electron chi connectivity index (χ4n) is 2.75. The van der Waals surface area contributed by atoms with Crippen LogP contribution in [0, 0.1) is 11.4 Å². The Morgan fingerprint density at radius 1 is 1.45 bits per heavy atom. The fraction of sp³-hybridized carbons (Fsp3) is 0.500. The van der Waals surface area contributed by atoms with Gasteiger partial charge < -0.3 is 10.0 Å². The predicted molar refractivity (Wildman–Crippen MR) is 69.7 cm³/mol. The topological polar surface area (TPSA) is 70.5 Å². The zero-order valence-electron chi connectivity index (χ0n) is 11.5. The van der Waals surface area contributed by atoms with Gasteiger partial charge in [0.1, 0.15) is 11.7 Å². The van der Waals surface area contributed by atoms with Crippen LogP contribution in [0.3, 0.4) is 0 Å². The number of hydrogen-bond acceptors (Lipinski definition) is 3. The first-order valence-electron chi connectivity index (χ1n) is 6.49. The quantitative estimate of drug-likeness (QED) is 0.840. The summed E-state index contributed by atoms with van der Waals surface area (Å²) in [5.41, 5.74) is -0.582. The van der Waals surface area contributed by atoms with Gasteiger partial charge in [-0.15, -0.1) is 0 Å². The van der Waals surface area contributed by atoms with Gasteiger partial charge in [-0.2, -0.15) is 4.39 Å². The van der Waals surface area contributed by atoms with E-state index in [1.807, 2.05) is 13.8 Å². The van der Waals surface area contributed by atoms with Crippen LogP contribution in [0.15, 0.2) is 18.2 Å². The fourth-order valence-corrected chi connectivity index (χ4v) is 2.75. The van der Waals surface area contributed by atoms with Crippen molar-refractivity contribution >= 4 is 11.9 Å². The summed E-state index contributed by atoms with van der Waals surface area (Å²) in [5.74, 6) is -2.33. The molecule has 1 N–H and O–H groups in total. The minimum absolute atomic E-state index is 0.0612. The molecule has 5 nitrogen and oxygen atoms in total. The zero-order valence-corrected chi connectivity index (χ0v) is 11.5. The summed E-state index contributed by atoms with van der Waals surface area (Å²) in [6.45, 7) is 3.99. The number of likely N-dealkylation sites (tertiary alicyclic amines) is 1. The van der Waals surface area contributed by atoms with E-state index >= 15 is 0 Å². The summed E-state index contributed by atoms with van der Waals surface area (Å²) < 4.78 is 13.1. The molecule has 20 heavy (non-hydrogen) atoms. The lowest BCUT2D eigenvalue weighted by atomic mass is 9.76. The minimum Gasteiger partial charge on any atom is -0.480 e. The average Bonchev–Trinajstić information content (AvgIpc) is 2.35. The second kappa shape index (κ2) is 5.19. The maximum absolute atomic E-state index is 13.1. The lowest BCUT2D eigenvalue weighted by molar-refractivity contribution is -0.148. The molecule has 1 amide bonds. The van der Waals surface area contributed by atoms with Crippen LogP contribution in [0.25, 0.3) is 0 Å². The summed E-state index contributed by atoms with van der Waals surface area (Å²) in [4.78, 5) is 28.7. The van der Waals surface area contributed by atoms with E-state index in [0.29, 0.717) is 6.54 Å². The van der Waals surface area contributed by atoms with Gasteiger partial charge in [0.2, 0.25) is 5.95 Å². The average molecular weight is 280 g/mol. The van der Waals surface area contributed by atoms with Gasteiger partial charge in [0.05, 0.1) is 0 Å². The number of carboxylic acids is 1. The number of pyridine rings is 1. The second-order valence-electron chi connectivity index (χ2n) is 5.68. The van der Waals surface area contributed by atoms with Crippen LogP contribution < -0.4 is 0 Å². The highest BCUT2D eigenvalue weighted by atomic mass is 19.1. The van der Waals surface area contributed by atoms with E-state index in [1.54, 1.807) is 0 Å². The molecule has 1 fully saturated rings. The summed E-state index contributed by atoms with van der Waals surface area (Å²) in [7, 11) is 0. The number of piperidine rings is 1. The van der Waals surface area contributed by atoms with Crippen molar-refractivity contribution in [3.05, 3.63) is 29.8 Å². The SMILES string of the molecule is CC1(C)CCCN(C(=O)c2cccc(F)n2)C1C(=O)O. The maximum Gasteiger partial charge on any atom is 0.326 e. The van der Waals surface area contributed by atoms with Crippen LogP contribution in [0.4, 0.5) is 4.39 Å². The normalized spacial score (nSPS) is 21.6. The zero-order chi connectivity index (χ0) is 14.9. The molecule has 1 atom stereocenters. The number of nitrogens with zero attached hydrogens (tertiary/aromatic N) is 2. The summed E-state index contributed by atoms with van der Waals surface area (Å²) in [5, 5.41) is 9.41. The van der Waals surface area contributed by atoms with Gasteiger partial charge in [-0.1, -0.05) is 19.9 Å². The van der Waals surface area contributed by atoms with Crippen LogP contribution in [0.2, 0.25) is 0 Å². The molecule has 0 aliphatic carbocycles. The van der Waals surface area contributed by atoms with Crippen molar-refractivity contribution in [2.45, 2.75) is 32.7 Å². The van der Waals surface area contributed by atoms with Crippen molar-refractivity contribution in [3.63, 3.8) is 0 Å². The highest BCUT2D eigenvalue weighted by molar-refractivity contribution is 5.95. The summed E-state index contributed by atoms with van der Waals surface area (Å²) in [6, 6.07) is 3.01. The van der Waals surface area contributed by atoms with E-state index in [9.17, 15) is 19.1 Å². The Bertz CT molecular complexity index is 545. The van der Waals surface area contributed by atoms with Crippen molar-refractivity contribution in [3.8, 4) is 0 Å². The molecule has 0 aromatic carbocycles. The molecule has 0 saturated carbocycles. The van der Waals surface area contributed by atoms with E-state index in [0.717, 1.165) is 18.9 Å². The molecule has 1 aliphatic heterocycles. The Kier molecular flexibility index (Phi) is 3.74. The van der Waals surface area contributed by atoms with E-state index in [-0.39, 0.29) is 5.69 Å². The largest absolute Gasteiger partial charge is 0.480 e. The molecule has 2 rings (SSSR count). The number of aliphatic carboxylic acids is 1. The lowest BCUT2D eigenvalue weighted by Gasteiger charge is -2.43.